The molecule has 24 heavy (non-hydrogen) atoms. The van der Waals surface area contributed by atoms with Crippen LogP contribution in [0.2, 0.25) is 0 Å². The quantitative estimate of drug-likeness (QED) is 0.604. The van der Waals surface area contributed by atoms with E-state index in [-0.39, 0.29) is 42.3 Å². The Balaban J connectivity index is 0.00000264. The molecule has 0 saturated carbocycles. The first-order valence-electron chi connectivity index (χ1n) is 7.83. The van der Waals surface area contributed by atoms with Crippen molar-refractivity contribution in [2.45, 2.75) is 33.2 Å². The number of aromatic hydroxyl groups is 1. The van der Waals surface area contributed by atoms with Gasteiger partial charge in [-0.15, -0.1) is 24.8 Å². The number of phenols is 1. The van der Waals surface area contributed by atoms with Gasteiger partial charge in [0.25, 0.3) is 0 Å². The second-order valence-electron chi connectivity index (χ2n) is 6.36. The van der Waals surface area contributed by atoms with Gasteiger partial charge < -0.3 is 10.4 Å². The lowest BCUT2D eigenvalue weighted by Crippen LogP contribution is -2.45. The molecule has 0 unspecified atom stereocenters. The van der Waals surface area contributed by atoms with Crippen LogP contribution in [0.5, 0.6) is 5.75 Å². The molecule has 1 saturated heterocycles. The number of nitrogens with zero attached hydrogens (tertiary/aromatic N) is 2. The molecule has 0 bridgehead atoms. The highest BCUT2D eigenvalue weighted by atomic mass is 35.5. The summed E-state index contributed by atoms with van der Waals surface area (Å²) in [5.41, 5.74) is 1.00. The molecular formula is C16H27Cl2N3O3. The van der Waals surface area contributed by atoms with Crippen LogP contribution in [0.1, 0.15) is 37.4 Å². The fourth-order valence-corrected chi connectivity index (χ4v) is 3.11. The van der Waals surface area contributed by atoms with Gasteiger partial charge in [-0.2, -0.15) is 0 Å². The largest absolute Gasteiger partial charge is 0.502 e. The average molecular weight is 380 g/mol. The van der Waals surface area contributed by atoms with E-state index < -0.39 is 4.92 Å². The molecule has 138 valence electrons. The van der Waals surface area contributed by atoms with Crippen LogP contribution in [-0.4, -0.2) is 41.1 Å². The lowest BCUT2D eigenvalue weighted by molar-refractivity contribution is -0.386. The SMILES string of the molecule is Cc1ccc([C@@H](CC(C)C)N2CCNCC2)c(O)c1[N+](=O)[O-].Cl.Cl. The van der Waals surface area contributed by atoms with E-state index in [0.29, 0.717) is 17.0 Å². The topological polar surface area (TPSA) is 78.6 Å². The molecule has 8 heteroatoms. The van der Waals surface area contributed by atoms with E-state index in [2.05, 4.69) is 24.1 Å². The molecule has 1 atom stereocenters. The summed E-state index contributed by atoms with van der Waals surface area (Å²) in [6, 6.07) is 3.59. The number of nitro benzene ring substituents is 1. The Kier molecular flexibility index (Phi) is 9.58. The summed E-state index contributed by atoms with van der Waals surface area (Å²) in [6.07, 6.45) is 0.869. The first-order valence-corrected chi connectivity index (χ1v) is 7.83. The van der Waals surface area contributed by atoms with Gasteiger partial charge in [-0.1, -0.05) is 26.0 Å². The van der Waals surface area contributed by atoms with Crippen molar-refractivity contribution in [2.24, 2.45) is 5.92 Å². The third-order valence-electron chi connectivity index (χ3n) is 4.21. The lowest BCUT2D eigenvalue weighted by atomic mass is 9.93. The van der Waals surface area contributed by atoms with E-state index in [0.717, 1.165) is 32.6 Å². The molecule has 0 spiro atoms. The molecule has 1 aromatic rings. The molecule has 6 nitrogen and oxygen atoms in total. The summed E-state index contributed by atoms with van der Waals surface area (Å²) in [5, 5.41) is 25.0. The van der Waals surface area contributed by atoms with Crippen LogP contribution < -0.4 is 5.32 Å². The lowest BCUT2D eigenvalue weighted by Gasteiger charge is -2.36. The molecule has 1 aliphatic rings. The molecule has 0 radical (unpaired) electrons. The highest BCUT2D eigenvalue weighted by Gasteiger charge is 2.29. The Bertz CT molecular complexity index is 550. The van der Waals surface area contributed by atoms with Crippen molar-refractivity contribution in [1.29, 1.82) is 0 Å². The monoisotopic (exact) mass is 379 g/mol. The number of aryl methyl sites for hydroxylation is 1. The molecule has 2 N–H and O–H groups in total. The third kappa shape index (κ3) is 5.21. The van der Waals surface area contributed by atoms with Crippen LogP contribution in [0, 0.1) is 23.0 Å². The third-order valence-corrected chi connectivity index (χ3v) is 4.21. The standard InChI is InChI=1S/C16H25N3O3.2ClH/c1-11(2)10-14(18-8-6-17-7-9-18)13-5-4-12(3)15(16(13)20)19(21)22;;/h4-5,11,14,17,20H,6-10H2,1-3H3;2*1H/t14-;;/m1../s1. The fourth-order valence-electron chi connectivity index (χ4n) is 3.11. The van der Waals surface area contributed by atoms with E-state index in [4.69, 9.17) is 0 Å². The van der Waals surface area contributed by atoms with Crippen LogP contribution in [0.15, 0.2) is 12.1 Å². The van der Waals surface area contributed by atoms with Crippen molar-refractivity contribution in [3.63, 3.8) is 0 Å². The molecule has 0 amide bonds. The maximum absolute atomic E-state index is 11.2. The van der Waals surface area contributed by atoms with Crippen molar-refractivity contribution < 1.29 is 10.0 Å². The molecule has 0 aromatic heterocycles. The molecule has 0 aliphatic carbocycles. The van der Waals surface area contributed by atoms with Gasteiger partial charge in [-0.05, 0) is 19.3 Å². The van der Waals surface area contributed by atoms with Crippen molar-refractivity contribution in [3.8, 4) is 5.75 Å². The molecule has 1 aromatic carbocycles. The van der Waals surface area contributed by atoms with Gasteiger partial charge in [0.2, 0.25) is 0 Å². The highest BCUT2D eigenvalue weighted by Crippen LogP contribution is 2.40. The first-order chi connectivity index (χ1) is 10.4. The van der Waals surface area contributed by atoms with Crippen LogP contribution in [-0.2, 0) is 0 Å². The number of benzene rings is 1. The summed E-state index contributed by atoms with van der Waals surface area (Å²) >= 11 is 0. The Morgan fingerprint density at radius 1 is 1.29 bits per heavy atom. The highest BCUT2D eigenvalue weighted by molar-refractivity contribution is 5.85. The zero-order valence-electron chi connectivity index (χ0n) is 14.3. The number of hydrogen-bond acceptors (Lipinski definition) is 5. The average Bonchev–Trinajstić information content (AvgIpc) is 2.46. The Morgan fingerprint density at radius 2 is 1.88 bits per heavy atom. The van der Waals surface area contributed by atoms with E-state index in [9.17, 15) is 15.2 Å². The van der Waals surface area contributed by atoms with Gasteiger partial charge >= 0.3 is 5.69 Å². The van der Waals surface area contributed by atoms with Crippen molar-refractivity contribution in [3.05, 3.63) is 33.4 Å². The maximum atomic E-state index is 11.2. The zero-order chi connectivity index (χ0) is 16.3. The number of phenolic OH excluding ortho intramolecular Hbond substituents is 1. The van der Waals surface area contributed by atoms with Crippen LogP contribution >= 0.6 is 24.8 Å². The van der Waals surface area contributed by atoms with Gasteiger partial charge in [0.1, 0.15) is 0 Å². The van der Waals surface area contributed by atoms with Crippen molar-refractivity contribution >= 4 is 30.5 Å². The van der Waals surface area contributed by atoms with Gasteiger partial charge in [-0.3, -0.25) is 15.0 Å². The smallest absolute Gasteiger partial charge is 0.313 e. The van der Waals surface area contributed by atoms with Crippen molar-refractivity contribution in [1.82, 2.24) is 10.2 Å². The number of piperazine rings is 1. The molecule has 1 fully saturated rings. The van der Waals surface area contributed by atoms with Crippen molar-refractivity contribution in [2.75, 3.05) is 26.2 Å². The molecule has 2 rings (SSSR count). The normalized spacial score (nSPS) is 16.2. The summed E-state index contributed by atoms with van der Waals surface area (Å²) in [6.45, 7) is 9.51. The van der Waals surface area contributed by atoms with Crippen LogP contribution in [0.25, 0.3) is 0 Å². The summed E-state index contributed by atoms with van der Waals surface area (Å²) in [5.74, 6) is 0.272. The Labute approximate surface area is 155 Å². The number of rotatable bonds is 5. The Morgan fingerprint density at radius 3 is 2.38 bits per heavy atom. The van der Waals surface area contributed by atoms with E-state index in [1.54, 1.807) is 13.0 Å². The number of nitrogens with one attached hydrogen (secondary N) is 1. The van der Waals surface area contributed by atoms with Gasteiger partial charge in [0, 0.05) is 43.3 Å². The fraction of sp³-hybridized carbons (Fsp3) is 0.625. The number of nitro groups is 1. The predicted molar refractivity (Wildman–Crippen MR) is 101 cm³/mol. The van der Waals surface area contributed by atoms with Gasteiger partial charge in [0.15, 0.2) is 5.75 Å². The molecule has 1 heterocycles. The van der Waals surface area contributed by atoms with Gasteiger partial charge in [-0.25, -0.2) is 0 Å². The zero-order valence-corrected chi connectivity index (χ0v) is 16.0. The predicted octanol–water partition coefficient (Wildman–Crippen LogP) is 3.44. The first kappa shape index (κ1) is 22.9. The molecular weight excluding hydrogens is 353 g/mol. The number of halogens is 2. The summed E-state index contributed by atoms with van der Waals surface area (Å²) in [7, 11) is 0. The second kappa shape index (κ2) is 10.0. The minimum Gasteiger partial charge on any atom is -0.502 e. The minimum absolute atomic E-state index is 0. The van der Waals surface area contributed by atoms with E-state index >= 15 is 0 Å². The number of hydrogen-bond donors (Lipinski definition) is 2. The maximum Gasteiger partial charge on any atom is 0.313 e. The van der Waals surface area contributed by atoms with Gasteiger partial charge in [0.05, 0.1) is 4.92 Å². The van der Waals surface area contributed by atoms with Crippen LogP contribution in [0.3, 0.4) is 0 Å². The van der Waals surface area contributed by atoms with Crippen LogP contribution in [0.4, 0.5) is 5.69 Å². The molecule has 1 aliphatic heterocycles. The van der Waals surface area contributed by atoms with E-state index in [1.165, 1.54) is 0 Å². The summed E-state index contributed by atoms with van der Waals surface area (Å²) < 4.78 is 0. The second-order valence-corrected chi connectivity index (χ2v) is 6.36. The minimum atomic E-state index is -0.488. The summed E-state index contributed by atoms with van der Waals surface area (Å²) in [4.78, 5) is 13.1. The Hall–Kier alpha value is -1.08. The van der Waals surface area contributed by atoms with E-state index in [1.807, 2.05) is 6.07 Å².